The second-order valence-electron chi connectivity index (χ2n) is 9.67. The molecule has 0 amide bonds. The Bertz CT molecular complexity index is 798. The van der Waals surface area contributed by atoms with E-state index in [-0.39, 0.29) is 25.7 Å². The molecule has 3 atom stereocenters. The summed E-state index contributed by atoms with van der Waals surface area (Å²) in [7, 11) is 0. The van der Waals surface area contributed by atoms with Crippen molar-refractivity contribution >= 4 is 5.97 Å². The zero-order valence-corrected chi connectivity index (χ0v) is 18.9. The van der Waals surface area contributed by atoms with Crippen LogP contribution in [-0.4, -0.2) is 52.5 Å². The third-order valence-corrected chi connectivity index (χ3v) is 7.06. The maximum atomic E-state index is 15.3. The lowest BCUT2D eigenvalue weighted by Crippen LogP contribution is -2.83. The highest BCUT2D eigenvalue weighted by Gasteiger charge is 2.93. The molecule has 0 radical (unpaired) electrons. The first-order valence-electron chi connectivity index (χ1n) is 10.7. The Labute approximate surface area is 193 Å². The lowest BCUT2D eigenvalue weighted by atomic mass is 9.66. The molecule has 1 N–H and O–H groups in total. The van der Waals surface area contributed by atoms with Gasteiger partial charge in [-0.25, -0.2) is 0 Å². The summed E-state index contributed by atoms with van der Waals surface area (Å²) in [6, 6.07) is 0. The third-order valence-electron chi connectivity index (χ3n) is 7.06. The number of aliphatic hydroxyl groups is 1. The number of hydrogen-bond donors (Lipinski definition) is 1. The van der Waals surface area contributed by atoms with E-state index in [0.29, 0.717) is 0 Å². The minimum absolute atomic E-state index is 0.0750. The number of ether oxygens (including phenoxy) is 2. The van der Waals surface area contributed by atoms with E-state index >= 15 is 8.78 Å². The summed E-state index contributed by atoms with van der Waals surface area (Å²) in [5, 5.41) is 9.95. The fourth-order valence-electron chi connectivity index (χ4n) is 4.42. The van der Waals surface area contributed by atoms with Crippen LogP contribution in [0.4, 0.5) is 48.3 Å². The first-order valence-corrected chi connectivity index (χ1v) is 10.7. The normalized spacial score (nSPS) is 33.5. The highest BCUT2D eigenvalue weighted by atomic mass is 19.4. The molecule has 35 heavy (non-hydrogen) atoms. The van der Waals surface area contributed by atoms with Crippen LogP contribution in [0.3, 0.4) is 0 Å². The molecule has 0 bridgehead atoms. The Kier molecular flexibility index (Phi) is 7.33. The van der Waals surface area contributed by atoms with Gasteiger partial charge in [-0.3, -0.25) is 4.79 Å². The monoisotopic (exact) mass is 538 g/mol. The highest BCUT2D eigenvalue weighted by Crippen LogP contribution is 2.67. The highest BCUT2D eigenvalue weighted by molar-refractivity contribution is 5.76. The van der Waals surface area contributed by atoms with Crippen molar-refractivity contribution in [3.63, 3.8) is 0 Å². The van der Waals surface area contributed by atoms with Crippen LogP contribution in [0.15, 0.2) is 0 Å². The van der Waals surface area contributed by atoms with E-state index < -0.39 is 78.0 Å². The molecule has 0 aromatic heterocycles. The average molecular weight is 538 g/mol. The van der Waals surface area contributed by atoms with Gasteiger partial charge in [-0.15, -0.1) is 0 Å². The van der Waals surface area contributed by atoms with Crippen LogP contribution in [0.5, 0.6) is 0 Å². The van der Waals surface area contributed by atoms with Crippen LogP contribution in [0.25, 0.3) is 0 Å². The zero-order valence-electron chi connectivity index (χ0n) is 18.9. The lowest BCUT2D eigenvalue weighted by molar-refractivity contribution is -0.542. The van der Waals surface area contributed by atoms with Crippen LogP contribution < -0.4 is 0 Å². The van der Waals surface area contributed by atoms with Gasteiger partial charge in [0.2, 0.25) is 0 Å². The summed E-state index contributed by atoms with van der Waals surface area (Å²) in [4.78, 5) is 12.5. The predicted molar refractivity (Wildman–Crippen MR) is 96.0 cm³/mol. The van der Waals surface area contributed by atoms with Gasteiger partial charge in [-0.2, -0.15) is 48.3 Å². The number of rotatable bonds is 4. The van der Waals surface area contributed by atoms with E-state index in [1.54, 1.807) is 0 Å². The first kappa shape index (κ1) is 29.8. The van der Waals surface area contributed by atoms with Gasteiger partial charge in [0.1, 0.15) is 0 Å². The number of carbonyl (C=O) groups excluding carboxylic acids is 1. The van der Waals surface area contributed by atoms with E-state index in [0.717, 1.165) is 13.8 Å². The maximum absolute atomic E-state index is 15.3. The van der Waals surface area contributed by atoms with Crippen LogP contribution in [0.2, 0.25) is 0 Å². The van der Waals surface area contributed by atoms with Crippen LogP contribution >= 0.6 is 0 Å². The van der Waals surface area contributed by atoms with E-state index in [9.17, 15) is 49.4 Å². The largest absolute Gasteiger partial charge is 0.449 e. The van der Waals surface area contributed by atoms with Crippen molar-refractivity contribution in [2.24, 2.45) is 11.3 Å². The van der Waals surface area contributed by atoms with Crippen molar-refractivity contribution in [2.75, 3.05) is 0 Å². The second-order valence-corrected chi connectivity index (χ2v) is 9.67. The Morgan fingerprint density at radius 3 is 1.77 bits per heavy atom. The topological polar surface area (TPSA) is 55.8 Å². The molecule has 0 aromatic carbocycles. The fourth-order valence-corrected chi connectivity index (χ4v) is 4.42. The van der Waals surface area contributed by atoms with Gasteiger partial charge in [-0.1, -0.05) is 26.2 Å². The molecule has 206 valence electrons. The van der Waals surface area contributed by atoms with Crippen LogP contribution in [0.1, 0.15) is 65.7 Å². The Hall–Kier alpha value is -1.38. The number of carbonyl (C=O) groups is 1. The quantitative estimate of drug-likeness (QED) is 0.330. The van der Waals surface area contributed by atoms with E-state index in [1.165, 1.54) is 6.92 Å². The Balaban J connectivity index is 2.97. The minimum Gasteiger partial charge on any atom is -0.442 e. The summed E-state index contributed by atoms with van der Waals surface area (Å²) in [6.45, 7) is 3.02. The molecule has 0 aromatic rings. The number of esters is 1. The predicted octanol–water partition coefficient (Wildman–Crippen LogP) is 6.45. The van der Waals surface area contributed by atoms with Gasteiger partial charge in [-0.05, 0) is 39.0 Å². The smallest absolute Gasteiger partial charge is 0.442 e. The maximum Gasteiger partial charge on any atom is 0.449 e. The molecule has 2 fully saturated rings. The molecule has 1 saturated carbocycles. The van der Waals surface area contributed by atoms with Gasteiger partial charge in [0.05, 0.1) is 5.41 Å². The van der Waals surface area contributed by atoms with Gasteiger partial charge in [0.25, 0.3) is 5.60 Å². The van der Waals surface area contributed by atoms with Crippen molar-refractivity contribution < 1.29 is 67.7 Å². The Morgan fingerprint density at radius 1 is 0.914 bits per heavy atom. The molecule has 3 unspecified atom stereocenters. The van der Waals surface area contributed by atoms with Gasteiger partial charge < -0.3 is 14.6 Å². The number of halogens is 11. The molecule has 1 aliphatic heterocycles. The fraction of sp³-hybridized carbons (Fsp3) is 0.950. The van der Waals surface area contributed by atoms with E-state index in [4.69, 9.17) is 0 Å². The van der Waals surface area contributed by atoms with Crippen molar-refractivity contribution in [1.29, 1.82) is 0 Å². The summed E-state index contributed by atoms with van der Waals surface area (Å²) < 4.78 is 166. The molecule has 1 aliphatic carbocycles. The van der Waals surface area contributed by atoms with E-state index in [2.05, 4.69) is 9.47 Å². The summed E-state index contributed by atoms with van der Waals surface area (Å²) in [6.07, 6.45) is -24.0. The summed E-state index contributed by atoms with van der Waals surface area (Å²) in [5.74, 6) is -17.2. The zero-order chi connectivity index (χ0) is 27.5. The first-order chi connectivity index (χ1) is 15.5. The second kappa shape index (κ2) is 8.59. The van der Waals surface area contributed by atoms with Crippen LogP contribution in [-0.2, 0) is 14.3 Å². The number of hydrogen-bond acceptors (Lipinski definition) is 4. The average Bonchev–Trinajstić information content (AvgIpc) is 2.69. The molecule has 2 rings (SSSR count). The van der Waals surface area contributed by atoms with Gasteiger partial charge in [0.15, 0.2) is 5.60 Å². The van der Waals surface area contributed by atoms with Gasteiger partial charge in [0, 0.05) is 6.42 Å². The summed E-state index contributed by atoms with van der Waals surface area (Å²) >= 11 is 0. The Morgan fingerprint density at radius 2 is 1.40 bits per heavy atom. The van der Waals surface area contributed by atoms with Crippen molar-refractivity contribution in [3.8, 4) is 0 Å². The molecule has 15 heteroatoms. The molecule has 4 nitrogen and oxygen atoms in total. The molecule has 2 aliphatic rings. The van der Waals surface area contributed by atoms with Crippen LogP contribution in [0, 0.1) is 11.3 Å². The molecular formula is C20H25F11O4. The third kappa shape index (κ3) is 4.37. The molecule has 0 spiro atoms. The molecule has 1 heterocycles. The standard InChI is InChI=1S/C20H25F11O4/c1-4-13(2,3)12(32)34-15(19(26,27)28)10-14(18(23,24)25,11-8-6-5-7-9-11)35-17(33,16(15,21)22)20(29,30)31/h11,33H,4-10H2,1-3H3. The SMILES string of the molecule is CCC(C)(C)C(=O)OC1(C(F)(F)F)CC(C2CCCCC2)(C(F)(F)F)OC(O)(C(F)(F)F)C1(F)F. The summed E-state index contributed by atoms with van der Waals surface area (Å²) in [5.41, 5.74) is -12.3. The van der Waals surface area contributed by atoms with E-state index in [1.807, 2.05) is 0 Å². The molecule has 1 saturated heterocycles. The van der Waals surface area contributed by atoms with Gasteiger partial charge >= 0.3 is 36.2 Å². The molecular weight excluding hydrogens is 513 g/mol. The van der Waals surface area contributed by atoms with Crippen molar-refractivity contribution in [3.05, 3.63) is 0 Å². The number of alkyl halides is 11. The van der Waals surface area contributed by atoms with Crippen molar-refractivity contribution in [2.45, 2.75) is 107 Å². The van der Waals surface area contributed by atoms with Crippen molar-refractivity contribution in [1.82, 2.24) is 0 Å². The lowest BCUT2D eigenvalue weighted by Gasteiger charge is -2.59. The minimum atomic E-state index is -6.86.